The Bertz CT molecular complexity index is 2610. The van der Waals surface area contributed by atoms with Gasteiger partial charge in [-0.1, -0.05) is 71.6 Å². The summed E-state index contributed by atoms with van der Waals surface area (Å²) < 4.78 is 40.6. The second kappa shape index (κ2) is 21.1. The third-order valence-electron chi connectivity index (χ3n) is 17.3. The smallest absolute Gasteiger partial charge is 0.251 e. The molecule has 2 aromatic carbocycles. The second-order valence-corrected chi connectivity index (χ2v) is 21.9. The minimum Gasteiger partial charge on any atom is -0.494 e. The zero-order valence-electron chi connectivity index (χ0n) is 41.9. The van der Waals surface area contributed by atoms with E-state index in [-0.39, 0.29) is 53.6 Å². The molecule has 0 aromatic heterocycles. The number of hydrogen-bond donors (Lipinski definition) is 4. The first kappa shape index (κ1) is 50.3. The normalized spacial score (nSPS) is 25.7. The lowest BCUT2D eigenvalue weighted by atomic mass is 9.47. The van der Waals surface area contributed by atoms with E-state index in [0.717, 1.165) is 67.0 Å². The molecule has 3 amide bonds. The molecule has 3 saturated carbocycles. The number of aryl methyl sites for hydroxylation is 1. The fraction of sp³-hybridized carbons (Fsp3) is 0.579. The Labute approximate surface area is 406 Å². The maximum Gasteiger partial charge on any atom is 0.251 e. The second-order valence-electron chi connectivity index (χ2n) is 21.9. The molecule has 6 aliphatic rings. The SMILES string of the molecule is COc1cc2oc3cc(=O)c(F)cc-3c(-c3ccc(C(=O)NCC(=O)NCCC(=O)NCCCN[C@H]4CC[C@@]5(C)C(=CCC6C7CCC([C@H](C)CCCC(C)C)[C@@]7(C)CCC65)C4)cc3C)c2cc1F. The van der Waals surface area contributed by atoms with Crippen molar-refractivity contribution in [3.05, 3.63) is 87.1 Å². The fourth-order valence-corrected chi connectivity index (χ4v) is 13.6. The molecule has 4 N–H and O–H groups in total. The van der Waals surface area contributed by atoms with E-state index >= 15 is 0 Å². The largest absolute Gasteiger partial charge is 0.494 e. The Morgan fingerprint density at radius 1 is 0.841 bits per heavy atom. The maximum absolute atomic E-state index is 15.0. The molecule has 8 atom stereocenters. The molecule has 0 spiro atoms. The van der Waals surface area contributed by atoms with Crippen molar-refractivity contribution < 1.29 is 32.3 Å². The maximum atomic E-state index is 15.0. The molecule has 0 bridgehead atoms. The van der Waals surface area contributed by atoms with Crippen LogP contribution in [0.1, 0.15) is 134 Å². The van der Waals surface area contributed by atoms with Crippen molar-refractivity contribution in [1.29, 1.82) is 0 Å². The van der Waals surface area contributed by atoms with Crippen molar-refractivity contribution in [3.63, 3.8) is 0 Å². The van der Waals surface area contributed by atoms with Crippen LogP contribution in [-0.2, 0) is 9.59 Å². The first-order chi connectivity index (χ1) is 33.0. The number of ether oxygens (including phenoxy) is 1. The van der Waals surface area contributed by atoms with Crippen LogP contribution in [0.5, 0.6) is 5.75 Å². The average Bonchev–Trinajstić information content (AvgIpc) is 3.67. The van der Waals surface area contributed by atoms with E-state index in [9.17, 15) is 28.0 Å². The highest BCUT2D eigenvalue weighted by atomic mass is 19.1. The molecule has 5 aliphatic carbocycles. The monoisotopic (exact) mass is 949 g/mol. The lowest BCUT2D eigenvalue weighted by Gasteiger charge is -2.58. The summed E-state index contributed by atoms with van der Waals surface area (Å²) >= 11 is 0. The summed E-state index contributed by atoms with van der Waals surface area (Å²) in [6.45, 7) is 15.5. The fourth-order valence-electron chi connectivity index (χ4n) is 13.6. The number of amides is 3. The summed E-state index contributed by atoms with van der Waals surface area (Å²) in [6, 6.07) is 9.98. The minimum atomic E-state index is -0.986. The Morgan fingerprint density at radius 2 is 1.64 bits per heavy atom. The molecule has 69 heavy (non-hydrogen) atoms. The molecule has 2 aromatic rings. The molecule has 3 fully saturated rings. The number of hydrogen-bond acceptors (Lipinski definition) is 7. The highest BCUT2D eigenvalue weighted by Crippen LogP contribution is 2.67. The van der Waals surface area contributed by atoms with E-state index in [1.807, 2.05) is 0 Å². The standard InChI is InChI=1S/C57H74F2N4O6/c1-33(2)10-8-11-34(3)43-16-17-44-40-15-13-37-27-38(18-21-56(37,5)45(40)19-22-57(43,44)6)60-23-9-24-61-52(65)20-25-62-53(66)32-63-55(67)36-12-14-39(35(4)26-36)54-41-28-46(58)48(64)30-49(41)69-50-31-51(68-7)47(59)29-42(50)54/h12-14,26,28-31,33-34,38,40,43-45,60H,8-11,15-25,27,32H2,1-7H3,(H,61,65)(H,62,66)(H,63,67)/t34-,38+,40?,43?,44?,45?,56+,57-/m1/s1. The van der Waals surface area contributed by atoms with Crippen LogP contribution in [0, 0.1) is 64.9 Å². The zero-order chi connectivity index (χ0) is 49.2. The van der Waals surface area contributed by atoms with Gasteiger partial charge in [-0.15, -0.1) is 0 Å². The van der Waals surface area contributed by atoms with E-state index in [2.05, 4.69) is 62.0 Å². The van der Waals surface area contributed by atoms with E-state index in [1.165, 1.54) is 83.5 Å². The quantitative estimate of drug-likeness (QED) is 0.0443. The van der Waals surface area contributed by atoms with Gasteiger partial charge < -0.3 is 30.4 Å². The van der Waals surface area contributed by atoms with Crippen molar-refractivity contribution >= 4 is 28.7 Å². The van der Waals surface area contributed by atoms with Crippen molar-refractivity contribution in [2.45, 2.75) is 131 Å². The van der Waals surface area contributed by atoms with Crippen LogP contribution in [-0.4, -0.2) is 57.1 Å². The Balaban J connectivity index is 0.744. The van der Waals surface area contributed by atoms with E-state index in [1.54, 1.807) is 30.7 Å². The predicted molar refractivity (Wildman–Crippen MR) is 268 cm³/mol. The van der Waals surface area contributed by atoms with Gasteiger partial charge in [-0.25, -0.2) is 8.78 Å². The molecule has 1 heterocycles. The van der Waals surface area contributed by atoms with Gasteiger partial charge in [0.2, 0.25) is 17.2 Å². The van der Waals surface area contributed by atoms with E-state index in [4.69, 9.17) is 9.15 Å². The molecule has 4 unspecified atom stereocenters. The highest BCUT2D eigenvalue weighted by Gasteiger charge is 2.59. The van der Waals surface area contributed by atoms with Gasteiger partial charge in [-0.3, -0.25) is 19.2 Å². The number of carbonyl (C=O) groups excluding carboxylic acids is 3. The molecule has 8 rings (SSSR count). The predicted octanol–water partition coefficient (Wildman–Crippen LogP) is 10.9. The number of carbonyl (C=O) groups is 3. The Morgan fingerprint density at radius 3 is 2.41 bits per heavy atom. The number of rotatable bonds is 18. The van der Waals surface area contributed by atoms with Gasteiger partial charge in [-0.2, -0.15) is 0 Å². The number of nitrogens with one attached hydrogen (secondary N) is 4. The first-order valence-corrected chi connectivity index (χ1v) is 25.8. The van der Waals surface area contributed by atoms with Crippen LogP contribution in [0.3, 0.4) is 0 Å². The molecule has 0 saturated heterocycles. The summed E-state index contributed by atoms with van der Waals surface area (Å²) in [4.78, 5) is 50.6. The van der Waals surface area contributed by atoms with Crippen molar-refractivity contribution in [2.24, 2.45) is 46.3 Å². The van der Waals surface area contributed by atoms with Crippen molar-refractivity contribution in [3.8, 4) is 28.2 Å². The molecule has 0 radical (unpaired) electrons. The van der Waals surface area contributed by atoms with Crippen molar-refractivity contribution in [2.75, 3.05) is 33.3 Å². The third kappa shape index (κ3) is 10.5. The van der Waals surface area contributed by atoms with Crippen molar-refractivity contribution in [1.82, 2.24) is 21.3 Å². The Hall–Kier alpha value is -5.10. The first-order valence-electron chi connectivity index (χ1n) is 25.8. The van der Waals surface area contributed by atoms with E-state index < -0.39 is 28.9 Å². The van der Waals surface area contributed by atoms with Crippen LogP contribution < -0.4 is 31.4 Å². The molecule has 10 nitrogen and oxygen atoms in total. The van der Waals surface area contributed by atoms with Gasteiger partial charge in [0.15, 0.2) is 17.4 Å². The van der Waals surface area contributed by atoms with Crippen LogP contribution in [0.25, 0.3) is 33.4 Å². The number of benzene rings is 3. The van der Waals surface area contributed by atoms with Gasteiger partial charge in [-0.05, 0) is 153 Å². The molecule has 12 heteroatoms. The van der Waals surface area contributed by atoms with Crippen LogP contribution >= 0.6 is 0 Å². The lowest BCUT2D eigenvalue weighted by molar-refractivity contribution is -0.121. The van der Waals surface area contributed by atoms with Crippen LogP contribution in [0.15, 0.2) is 63.3 Å². The van der Waals surface area contributed by atoms with Gasteiger partial charge in [0.05, 0.1) is 13.7 Å². The van der Waals surface area contributed by atoms with Crippen LogP contribution in [0.4, 0.5) is 8.78 Å². The molecular formula is C57H74F2N4O6. The summed E-state index contributed by atoms with van der Waals surface area (Å²) in [5.74, 6) is 2.37. The Kier molecular flexibility index (Phi) is 15.4. The number of allylic oxidation sites excluding steroid dienone is 1. The topological polar surface area (TPSA) is 139 Å². The third-order valence-corrected chi connectivity index (χ3v) is 17.3. The lowest BCUT2D eigenvalue weighted by Crippen LogP contribution is -2.51. The summed E-state index contributed by atoms with van der Waals surface area (Å²) in [5, 5.41) is 12.4. The number of methoxy groups -OCH3 is 1. The van der Waals surface area contributed by atoms with Gasteiger partial charge in [0.1, 0.15) is 11.3 Å². The van der Waals surface area contributed by atoms with Gasteiger partial charge >= 0.3 is 0 Å². The highest BCUT2D eigenvalue weighted by molar-refractivity contribution is 6.04. The summed E-state index contributed by atoms with van der Waals surface area (Å²) in [5.41, 5.74) is 3.99. The summed E-state index contributed by atoms with van der Waals surface area (Å²) in [6.07, 6.45) is 18.2. The molecule has 1 aliphatic heterocycles. The number of halogens is 2. The van der Waals surface area contributed by atoms with Crippen LogP contribution in [0.2, 0.25) is 0 Å². The van der Waals surface area contributed by atoms with Gasteiger partial charge in [0, 0.05) is 59.8 Å². The minimum absolute atomic E-state index is 0.0626. The van der Waals surface area contributed by atoms with Gasteiger partial charge in [0.25, 0.3) is 5.91 Å². The molecular weight excluding hydrogens is 875 g/mol. The van der Waals surface area contributed by atoms with E-state index in [0.29, 0.717) is 45.5 Å². The average molecular weight is 949 g/mol. The zero-order valence-corrected chi connectivity index (χ0v) is 41.9. The number of fused-ring (bicyclic) bond motifs is 7. The molecule has 372 valence electrons. The summed E-state index contributed by atoms with van der Waals surface area (Å²) in [7, 11) is 1.32.